The molecule has 0 aliphatic carbocycles. The van der Waals surface area contributed by atoms with Gasteiger partial charge in [0, 0.05) is 16.4 Å². The van der Waals surface area contributed by atoms with E-state index in [0.29, 0.717) is 22.0 Å². The van der Waals surface area contributed by atoms with Crippen LogP contribution in [0.5, 0.6) is 0 Å². The summed E-state index contributed by atoms with van der Waals surface area (Å²) >= 11 is 5.97. The minimum atomic E-state index is -0.305. The number of carbonyl (C=O) groups is 1. The number of aromatic nitrogens is 1. The minimum absolute atomic E-state index is 0.301. The number of nitrogens with zero attached hydrogens (tertiary/aromatic N) is 2. The van der Waals surface area contributed by atoms with Crippen molar-refractivity contribution in [1.29, 1.82) is 5.26 Å². The molecule has 0 bridgehead atoms. The number of rotatable bonds is 4. The molecule has 3 rings (SSSR count). The first-order valence-electron chi connectivity index (χ1n) is 7.86. The first kappa shape index (κ1) is 17.5. The summed E-state index contributed by atoms with van der Waals surface area (Å²) in [7, 11) is 0. The lowest BCUT2D eigenvalue weighted by atomic mass is 10.2. The zero-order valence-corrected chi connectivity index (χ0v) is 14.7. The van der Waals surface area contributed by atoms with Crippen LogP contribution in [0.25, 0.3) is 0 Å². The van der Waals surface area contributed by atoms with Crippen LogP contribution >= 0.6 is 11.6 Å². The molecule has 1 amide bonds. The summed E-state index contributed by atoms with van der Waals surface area (Å²) in [6.45, 7) is 1.89. The van der Waals surface area contributed by atoms with Gasteiger partial charge >= 0.3 is 0 Å². The number of hydrogen-bond donors (Lipinski definition) is 2. The molecule has 0 aliphatic rings. The first-order chi connectivity index (χ1) is 12.5. The Morgan fingerprint density at radius 2 is 1.81 bits per heavy atom. The highest BCUT2D eigenvalue weighted by Gasteiger charge is 2.10. The van der Waals surface area contributed by atoms with Gasteiger partial charge in [0.25, 0.3) is 5.91 Å². The lowest BCUT2D eigenvalue weighted by Gasteiger charge is -2.09. The van der Waals surface area contributed by atoms with Gasteiger partial charge in [-0.25, -0.2) is 4.98 Å². The van der Waals surface area contributed by atoms with Crippen LogP contribution < -0.4 is 10.6 Å². The molecule has 0 atom stereocenters. The monoisotopic (exact) mass is 362 g/mol. The fourth-order valence-corrected chi connectivity index (χ4v) is 2.48. The number of nitriles is 1. The van der Waals surface area contributed by atoms with Crippen molar-refractivity contribution in [3.05, 3.63) is 82.6 Å². The zero-order valence-electron chi connectivity index (χ0n) is 14.0. The molecule has 5 nitrogen and oxygen atoms in total. The highest BCUT2D eigenvalue weighted by molar-refractivity contribution is 6.31. The minimum Gasteiger partial charge on any atom is -0.354 e. The van der Waals surface area contributed by atoms with Crippen molar-refractivity contribution < 1.29 is 4.79 Å². The van der Waals surface area contributed by atoms with Crippen LogP contribution in [-0.2, 0) is 0 Å². The van der Waals surface area contributed by atoms with Gasteiger partial charge in [-0.15, -0.1) is 0 Å². The molecule has 0 aliphatic heterocycles. The van der Waals surface area contributed by atoms with Crippen LogP contribution in [0.4, 0.5) is 17.1 Å². The molecule has 6 heteroatoms. The molecule has 128 valence electrons. The third-order valence-corrected chi connectivity index (χ3v) is 3.98. The normalized spacial score (nSPS) is 10.0. The van der Waals surface area contributed by atoms with E-state index in [-0.39, 0.29) is 5.91 Å². The summed E-state index contributed by atoms with van der Waals surface area (Å²) in [5.74, 6) is -0.305. The number of nitrogens with one attached hydrogen (secondary N) is 2. The Morgan fingerprint density at radius 3 is 2.46 bits per heavy atom. The lowest BCUT2D eigenvalue weighted by molar-refractivity contribution is 0.102. The fourth-order valence-electron chi connectivity index (χ4n) is 2.31. The fraction of sp³-hybridized carbons (Fsp3) is 0.0500. The van der Waals surface area contributed by atoms with Gasteiger partial charge in [-0.3, -0.25) is 4.79 Å². The molecule has 1 aromatic heterocycles. The zero-order chi connectivity index (χ0) is 18.5. The van der Waals surface area contributed by atoms with Crippen molar-refractivity contribution in [2.75, 3.05) is 10.6 Å². The van der Waals surface area contributed by atoms with E-state index in [0.717, 1.165) is 16.9 Å². The smallest absolute Gasteiger partial charge is 0.274 e. The molecule has 2 N–H and O–H groups in total. The molecule has 0 fully saturated rings. The van der Waals surface area contributed by atoms with Gasteiger partial charge in [0.05, 0.1) is 23.5 Å². The van der Waals surface area contributed by atoms with Crippen LogP contribution in [0.1, 0.15) is 21.6 Å². The summed E-state index contributed by atoms with van der Waals surface area (Å²) in [6, 6.07) is 17.9. The Bertz CT molecular complexity index is 976. The van der Waals surface area contributed by atoms with Gasteiger partial charge in [0.2, 0.25) is 0 Å². The van der Waals surface area contributed by atoms with Gasteiger partial charge in [-0.05, 0) is 61.0 Å². The van der Waals surface area contributed by atoms with Crippen LogP contribution in [0, 0.1) is 18.3 Å². The number of pyridine rings is 1. The average Bonchev–Trinajstić information content (AvgIpc) is 2.66. The molecule has 26 heavy (non-hydrogen) atoms. The van der Waals surface area contributed by atoms with E-state index in [1.165, 1.54) is 0 Å². The average molecular weight is 363 g/mol. The number of amides is 1. The summed E-state index contributed by atoms with van der Waals surface area (Å²) in [6.07, 6.45) is 1.58. The van der Waals surface area contributed by atoms with Crippen molar-refractivity contribution in [1.82, 2.24) is 4.98 Å². The highest BCUT2D eigenvalue weighted by atomic mass is 35.5. The van der Waals surface area contributed by atoms with Gasteiger partial charge in [-0.2, -0.15) is 5.26 Å². The summed E-state index contributed by atoms with van der Waals surface area (Å²) in [5, 5.41) is 15.3. The highest BCUT2D eigenvalue weighted by Crippen LogP contribution is 2.21. The van der Waals surface area contributed by atoms with Crippen LogP contribution in [0.2, 0.25) is 5.02 Å². The largest absolute Gasteiger partial charge is 0.354 e. The summed E-state index contributed by atoms with van der Waals surface area (Å²) in [5.41, 5.74) is 4.04. The SMILES string of the molecule is Cc1ccc(Cl)cc1NC(=O)c1ccc(Nc2ccc(C#N)cc2)cn1. The Morgan fingerprint density at radius 1 is 1.08 bits per heavy atom. The number of aryl methyl sites for hydroxylation is 1. The quantitative estimate of drug-likeness (QED) is 0.691. The van der Waals surface area contributed by atoms with E-state index in [1.54, 1.807) is 54.7 Å². The van der Waals surface area contributed by atoms with Crippen molar-refractivity contribution >= 4 is 34.6 Å². The third-order valence-electron chi connectivity index (χ3n) is 3.75. The van der Waals surface area contributed by atoms with Crippen LogP contribution in [0.15, 0.2) is 60.8 Å². The lowest BCUT2D eigenvalue weighted by Crippen LogP contribution is -2.14. The first-order valence-corrected chi connectivity index (χ1v) is 8.24. The van der Waals surface area contributed by atoms with E-state index in [2.05, 4.69) is 21.7 Å². The molecule has 0 saturated heterocycles. The van der Waals surface area contributed by atoms with Crippen LogP contribution in [0.3, 0.4) is 0 Å². The van der Waals surface area contributed by atoms with Gasteiger partial charge in [-0.1, -0.05) is 17.7 Å². The predicted molar refractivity (Wildman–Crippen MR) is 103 cm³/mol. The second kappa shape index (κ2) is 7.68. The van der Waals surface area contributed by atoms with E-state index in [9.17, 15) is 4.79 Å². The maximum absolute atomic E-state index is 12.4. The standard InChI is InChI=1S/C20H15ClN4O/c1-13-2-5-15(21)10-19(13)25-20(26)18-9-8-17(12-23-18)24-16-6-3-14(11-22)4-7-16/h2-10,12,24H,1H3,(H,25,26). The number of benzene rings is 2. The summed E-state index contributed by atoms with van der Waals surface area (Å²) in [4.78, 5) is 16.5. The maximum Gasteiger partial charge on any atom is 0.274 e. The third kappa shape index (κ3) is 4.18. The molecule has 0 saturated carbocycles. The Kier molecular flexibility index (Phi) is 5.16. The molecule has 1 heterocycles. The maximum atomic E-state index is 12.4. The molecule has 2 aromatic carbocycles. The predicted octanol–water partition coefficient (Wildman–Crippen LogP) is 4.91. The van der Waals surface area contributed by atoms with E-state index in [4.69, 9.17) is 16.9 Å². The van der Waals surface area contributed by atoms with Crippen molar-refractivity contribution in [3.63, 3.8) is 0 Å². The number of anilines is 3. The van der Waals surface area contributed by atoms with Gasteiger partial charge in [0.1, 0.15) is 5.69 Å². The molecule has 0 spiro atoms. The van der Waals surface area contributed by atoms with Gasteiger partial charge in [0.15, 0.2) is 0 Å². The van der Waals surface area contributed by atoms with Crippen molar-refractivity contribution in [2.45, 2.75) is 6.92 Å². The molecule has 0 radical (unpaired) electrons. The van der Waals surface area contributed by atoms with Crippen LogP contribution in [-0.4, -0.2) is 10.9 Å². The molecule has 3 aromatic rings. The number of carbonyl (C=O) groups excluding carboxylic acids is 1. The second-order valence-corrected chi connectivity index (χ2v) is 6.10. The van der Waals surface area contributed by atoms with E-state index in [1.807, 2.05) is 13.0 Å². The Labute approximate surface area is 156 Å². The molecular weight excluding hydrogens is 348 g/mol. The summed E-state index contributed by atoms with van der Waals surface area (Å²) < 4.78 is 0. The van der Waals surface area contributed by atoms with E-state index < -0.39 is 0 Å². The topological polar surface area (TPSA) is 77.8 Å². The number of hydrogen-bond acceptors (Lipinski definition) is 4. The van der Waals surface area contributed by atoms with Gasteiger partial charge < -0.3 is 10.6 Å². The molecule has 0 unspecified atom stereocenters. The Balaban J connectivity index is 1.69. The van der Waals surface area contributed by atoms with Crippen molar-refractivity contribution in [2.24, 2.45) is 0 Å². The number of halogens is 1. The Hall–Kier alpha value is -3.36. The van der Waals surface area contributed by atoms with Crippen molar-refractivity contribution in [3.8, 4) is 6.07 Å². The second-order valence-electron chi connectivity index (χ2n) is 5.66. The van der Waals surface area contributed by atoms with E-state index >= 15 is 0 Å². The molecular formula is C20H15ClN4O.